The summed E-state index contributed by atoms with van der Waals surface area (Å²) >= 11 is 0. The van der Waals surface area contributed by atoms with Crippen molar-refractivity contribution in [3.8, 4) is 11.1 Å². The average molecular weight is 337 g/mol. The second-order valence-corrected chi connectivity index (χ2v) is 5.38. The van der Waals surface area contributed by atoms with Gasteiger partial charge in [0.2, 0.25) is 0 Å². The number of nitrogens with two attached hydrogens (primary N) is 1. The minimum Gasteiger partial charge on any atom is -0.466 e. The number of carbonyl (C=O) groups excluding carboxylic acids is 1. The highest BCUT2D eigenvalue weighted by atomic mass is 19.1. The molecule has 0 heterocycles. The standard InChI is InChI=1S/C18H18F3NO2/c1-3-24-15(23)9-14(22)16-17(20)10(2)8-12(18(16)21)11-6-4-5-7-13(11)19/h4-8,14H,3,9,22H2,1-2H3. The lowest BCUT2D eigenvalue weighted by Crippen LogP contribution is -2.20. The summed E-state index contributed by atoms with van der Waals surface area (Å²) < 4.78 is 47.9. The van der Waals surface area contributed by atoms with E-state index in [0.717, 1.165) is 0 Å². The number of ether oxygens (including phenoxy) is 1. The highest BCUT2D eigenvalue weighted by Crippen LogP contribution is 2.33. The van der Waals surface area contributed by atoms with E-state index in [1.807, 2.05) is 0 Å². The van der Waals surface area contributed by atoms with Crippen LogP contribution < -0.4 is 5.73 Å². The molecule has 0 fully saturated rings. The SMILES string of the molecule is CCOC(=O)CC(N)c1c(F)c(C)cc(-c2ccccc2F)c1F. The van der Waals surface area contributed by atoms with E-state index in [9.17, 15) is 18.0 Å². The van der Waals surface area contributed by atoms with Crippen LogP contribution in [0.2, 0.25) is 0 Å². The number of hydrogen-bond acceptors (Lipinski definition) is 3. The van der Waals surface area contributed by atoms with Gasteiger partial charge in [0.05, 0.1) is 13.0 Å². The molecule has 2 aromatic carbocycles. The predicted molar refractivity (Wildman–Crippen MR) is 84.7 cm³/mol. The summed E-state index contributed by atoms with van der Waals surface area (Å²) in [6.07, 6.45) is -0.373. The summed E-state index contributed by atoms with van der Waals surface area (Å²) in [5.41, 5.74) is 5.39. The zero-order valence-electron chi connectivity index (χ0n) is 13.4. The molecule has 0 radical (unpaired) electrons. The van der Waals surface area contributed by atoms with Crippen molar-refractivity contribution < 1.29 is 22.7 Å². The Morgan fingerprint density at radius 1 is 1.17 bits per heavy atom. The van der Waals surface area contributed by atoms with Crippen LogP contribution in [0.15, 0.2) is 30.3 Å². The van der Waals surface area contributed by atoms with Crippen molar-refractivity contribution in [3.63, 3.8) is 0 Å². The van der Waals surface area contributed by atoms with Gasteiger partial charge >= 0.3 is 5.97 Å². The summed E-state index contributed by atoms with van der Waals surface area (Å²) in [6.45, 7) is 3.19. The zero-order valence-corrected chi connectivity index (χ0v) is 13.4. The summed E-state index contributed by atoms with van der Waals surface area (Å²) in [5, 5.41) is 0. The van der Waals surface area contributed by atoms with E-state index >= 15 is 0 Å². The molecule has 0 aliphatic heterocycles. The number of halogens is 3. The maximum atomic E-state index is 14.8. The first kappa shape index (κ1) is 18.0. The second kappa shape index (κ2) is 7.49. The Morgan fingerprint density at radius 2 is 1.83 bits per heavy atom. The van der Waals surface area contributed by atoms with E-state index in [1.54, 1.807) is 13.0 Å². The van der Waals surface area contributed by atoms with Gasteiger partial charge < -0.3 is 10.5 Å². The van der Waals surface area contributed by atoms with Crippen LogP contribution in [-0.4, -0.2) is 12.6 Å². The number of rotatable bonds is 5. The lowest BCUT2D eigenvalue weighted by atomic mass is 9.94. The Balaban J connectivity index is 2.53. The Bertz CT molecular complexity index is 762. The van der Waals surface area contributed by atoms with Gasteiger partial charge in [0.1, 0.15) is 17.5 Å². The predicted octanol–water partition coefficient (Wildman–Crippen LogP) is 4.03. The van der Waals surface area contributed by atoms with Crippen LogP contribution in [0, 0.1) is 24.4 Å². The molecule has 0 bridgehead atoms. The van der Waals surface area contributed by atoms with Crippen molar-refractivity contribution in [2.24, 2.45) is 5.73 Å². The average Bonchev–Trinajstić information content (AvgIpc) is 2.52. The fourth-order valence-corrected chi connectivity index (χ4v) is 2.50. The van der Waals surface area contributed by atoms with Gasteiger partial charge in [0.15, 0.2) is 0 Å². The van der Waals surface area contributed by atoms with E-state index < -0.39 is 35.0 Å². The van der Waals surface area contributed by atoms with Crippen LogP contribution >= 0.6 is 0 Å². The molecular formula is C18H18F3NO2. The number of hydrogen-bond donors (Lipinski definition) is 1. The smallest absolute Gasteiger partial charge is 0.307 e. The third-order valence-corrected chi connectivity index (χ3v) is 3.64. The van der Waals surface area contributed by atoms with E-state index in [4.69, 9.17) is 10.5 Å². The molecule has 3 nitrogen and oxygen atoms in total. The number of aryl methyl sites for hydroxylation is 1. The topological polar surface area (TPSA) is 52.3 Å². The highest BCUT2D eigenvalue weighted by Gasteiger charge is 2.25. The quantitative estimate of drug-likeness (QED) is 0.838. The number of esters is 1. The van der Waals surface area contributed by atoms with Crippen molar-refractivity contribution in [1.82, 2.24) is 0 Å². The molecule has 2 N–H and O–H groups in total. The minimum atomic E-state index is -1.23. The van der Waals surface area contributed by atoms with E-state index in [1.165, 1.54) is 31.2 Å². The molecule has 0 aliphatic carbocycles. The maximum Gasteiger partial charge on any atom is 0.307 e. The van der Waals surface area contributed by atoms with Crippen molar-refractivity contribution in [3.05, 3.63) is 58.9 Å². The molecule has 128 valence electrons. The molecule has 0 saturated heterocycles. The molecule has 0 aromatic heterocycles. The molecule has 0 aliphatic rings. The van der Waals surface area contributed by atoms with Gasteiger partial charge in [-0.3, -0.25) is 4.79 Å². The van der Waals surface area contributed by atoms with Crippen molar-refractivity contribution in [2.45, 2.75) is 26.3 Å². The van der Waals surface area contributed by atoms with Gasteiger partial charge in [-0.1, -0.05) is 18.2 Å². The van der Waals surface area contributed by atoms with Crippen molar-refractivity contribution >= 4 is 5.97 Å². The van der Waals surface area contributed by atoms with Crippen molar-refractivity contribution in [2.75, 3.05) is 6.61 Å². The Morgan fingerprint density at radius 3 is 2.46 bits per heavy atom. The fourth-order valence-electron chi connectivity index (χ4n) is 2.50. The van der Waals surface area contributed by atoms with Crippen LogP contribution in [0.3, 0.4) is 0 Å². The summed E-state index contributed by atoms with van der Waals surface area (Å²) in [6, 6.07) is 5.60. The Kier molecular flexibility index (Phi) is 5.62. The van der Waals surface area contributed by atoms with Gasteiger partial charge in [0.25, 0.3) is 0 Å². The molecule has 2 aromatic rings. The monoisotopic (exact) mass is 337 g/mol. The van der Waals surface area contributed by atoms with Crippen LogP contribution in [0.25, 0.3) is 11.1 Å². The van der Waals surface area contributed by atoms with Gasteiger partial charge in [0, 0.05) is 22.7 Å². The number of benzene rings is 2. The molecule has 24 heavy (non-hydrogen) atoms. The summed E-state index contributed by atoms with van der Waals surface area (Å²) in [7, 11) is 0. The molecule has 0 spiro atoms. The molecule has 1 atom stereocenters. The molecule has 0 amide bonds. The van der Waals surface area contributed by atoms with Gasteiger partial charge in [-0.25, -0.2) is 13.2 Å². The lowest BCUT2D eigenvalue weighted by molar-refractivity contribution is -0.143. The van der Waals surface area contributed by atoms with E-state index in [-0.39, 0.29) is 29.7 Å². The van der Waals surface area contributed by atoms with E-state index in [0.29, 0.717) is 0 Å². The maximum absolute atomic E-state index is 14.8. The van der Waals surface area contributed by atoms with Gasteiger partial charge in [-0.2, -0.15) is 0 Å². The van der Waals surface area contributed by atoms with Crippen LogP contribution in [-0.2, 0) is 9.53 Å². The van der Waals surface area contributed by atoms with Crippen LogP contribution in [0.4, 0.5) is 13.2 Å². The molecule has 1 unspecified atom stereocenters. The zero-order chi connectivity index (χ0) is 17.9. The Hall–Kier alpha value is -2.34. The molecule has 0 saturated carbocycles. The van der Waals surface area contributed by atoms with Crippen LogP contribution in [0.5, 0.6) is 0 Å². The first-order chi connectivity index (χ1) is 11.4. The van der Waals surface area contributed by atoms with Crippen LogP contribution in [0.1, 0.15) is 30.5 Å². The fraction of sp³-hybridized carbons (Fsp3) is 0.278. The van der Waals surface area contributed by atoms with E-state index in [2.05, 4.69) is 0 Å². The molecule has 2 rings (SSSR count). The highest BCUT2D eigenvalue weighted by molar-refractivity contribution is 5.71. The third kappa shape index (κ3) is 3.59. The Labute approximate surface area is 138 Å². The lowest BCUT2D eigenvalue weighted by Gasteiger charge is -2.17. The molecule has 6 heteroatoms. The second-order valence-electron chi connectivity index (χ2n) is 5.38. The van der Waals surface area contributed by atoms with Crippen molar-refractivity contribution in [1.29, 1.82) is 0 Å². The largest absolute Gasteiger partial charge is 0.466 e. The summed E-state index contributed by atoms with van der Waals surface area (Å²) in [4.78, 5) is 11.5. The number of carbonyl (C=O) groups is 1. The van der Waals surface area contributed by atoms with Gasteiger partial charge in [-0.15, -0.1) is 0 Å². The normalized spacial score (nSPS) is 12.1. The summed E-state index contributed by atoms with van der Waals surface area (Å²) in [5.74, 6) is -3.10. The third-order valence-electron chi connectivity index (χ3n) is 3.64. The first-order valence-electron chi connectivity index (χ1n) is 7.51. The van der Waals surface area contributed by atoms with Gasteiger partial charge in [-0.05, 0) is 31.5 Å². The molecular weight excluding hydrogens is 319 g/mol. The minimum absolute atomic E-state index is 0.00249. The first-order valence-corrected chi connectivity index (χ1v) is 7.51.